The van der Waals surface area contributed by atoms with Crippen LogP contribution in [0.2, 0.25) is 0 Å². The van der Waals surface area contributed by atoms with Crippen LogP contribution >= 0.6 is 0 Å². The highest BCUT2D eigenvalue weighted by Crippen LogP contribution is 2.31. The summed E-state index contributed by atoms with van der Waals surface area (Å²) in [6, 6.07) is 28.7. The average Bonchev–Trinajstić information content (AvgIpc) is 3.24. The Morgan fingerprint density at radius 2 is 1.49 bits per heavy atom. The molecule has 1 aromatic heterocycles. The zero-order valence-electron chi connectivity index (χ0n) is 21.2. The van der Waals surface area contributed by atoms with Gasteiger partial charge in [0.1, 0.15) is 17.2 Å². The minimum Gasteiger partial charge on any atom is -0.344 e. The van der Waals surface area contributed by atoms with Gasteiger partial charge in [-0.15, -0.1) is 0 Å². The van der Waals surface area contributed by atoms with E-state index < -0.39 is 0 Å². The fourth-order valence-electron chi connectivity index (χ4n) is 4.47. The van der Waals surface area contributed by atoms with Gasteiger partial charge >= 0.3 is 0 Å². The topological polar surface area (TPSA) is 46.9 Å². The predicted octanol–water partition coefficient (Wildman–Crippen LogP) is 7.54. The van der Waals surface area contributed by atoms with Crippen LogP contribution in [0.5, 0.6) is 0 Å². The minimum atomic E-state index is -0.102. The Morgan fingerprint density at radius 3 is 2.09 bits per heavy atom. The number of hydrogen-bond acceptors (Lipinski definition) is 2. The van der Waals surface area contributed by atoms with Crippen molar-refractivity contribution in [2.75, 3.05) is 0 Å². The van der Waals surface area contributed by atoms with E-state index in [0.717, 1.165) is 41.8 Å². The first kappa shape index (κ1) is 24.5. The van der Waals surface area contributed by atoms with Gasteiger partial charge in [0.05, 0.1) is 6.04 Å². The monoisotopic (exact) mass is 465 g/mol. The molecule has 0 saturated heterocycles. The molecular weight excluding hydrogens is 430 g/mol. The molecule has 4 rings (SSSR count). The molecule has 0 bridgehead atoms. The molecule has 0 aliphatic carbocycles. The van der Waals surface area contributed by atoms with Crippen molar-refractivity contribution >= 4 is 5.91 Å². The van der Waals surface area contributed by atoms with E-state index >= 15 is 0 Å². The van der Waals surface area contributed by atoms with E-state index in [1.54, 1.807) is 0 Å². The number of aromatic nitrogens is 2. The smallest absolute Gasteiger partial charge is 0.270 e. The zero-order valence-corrected chi connectivity index (χ0v) is 21.2. The van der Waals surface area contributed by atoms with Crippen molar-refractivity contribution in [3.8, 4) is 22.6 Å². The van der Waals surface area contributed by atoms with Crippen LogP contribution in [-0.2, 0) is 7.05 Å². The summed E-state index contributed by atoms with van der Waals surface area (Å²) in [5, 5.41) is 3.33. The van der Waals surface area contributed by atoms with Crippen LogP contribution in [0, 0.1) is 0 Å². The Kier molecular flexibility index (Phi) is 7.81. The van der Waals surface area contributed by atoms with Crippen LogP contribution in [0.4, 0.5) is 0 Å². The van der Waals surface area contributed by atoms with Gasteiger partial charge in [-0.25, -0.2) is 4.98 Å². The SMILES string of the molecule is CCCCC(NC(=O)c1c(-c2ccc(C(C)C)cc2)nc(-c2ccccc2)n1C)c1ccccc1. The number of nitrogens with zero attached hydrogens (tertiary/aromatic N) is 2. The molecule has 0 saturated carbocycles. The van der Waals surface area contributed by atoms with E-state index in [0.29, 0.717) is 17.3 Å². The lowest BCUT2D eigenvalue weighted by Gasteiger charge is -2.20. The molecule has 1 amide bonds. The van der Waals surface area contributed by atoms with Crippen molar-refractivity contribution in [2.24, 2.45) is 7.05 Å². The highest BCUT2D eigenvalue weighted by atomic mass is 16.2. The second kappa shape index (κ2) is 11.2. The quantitative estimate of drug-likeness (QED) is 0.277. The minimum absolute atomic E-state index is 0.0464. The number of carbonyl (C=O) groups is 1. The van der Waals surface area contributed by atoms with Crippen molar-refractivity contribution in [3.05, 3.63) is 102 Å². The Hall–Kier alpha value is -3.66. The van der Waals surface area contributed by atoms with E-state index in [4.69, 9.17) is 4.98 Å². The van der Waals surface area contributed by atoms with E-state index in [9.17, 15) is 4.79 Å². The molecule has 4 aromatic rings. The molecule has 0 radical (unpaired) electrons. The maximum atomic E-state index is 13.9. The second-order valence-electron chi connectivity index (χ2n) is 9.41. The molecule has 3 aromatic carbocycles. The largest absolute Gasteiger partial charge is 0.344 e. The molecular formula is C31H35N3O. The summed E-state index contributed by atoms with van der Waals surface area (Å²) in [7, 11) is 1.93. The number of imidazole rings is 1. The van der Waals surface area contributed by atoms with Crippen LogP contribution in [0.15, 0.2) is 84.9 Å². The van der Waals surface area contributed by atoms with Gasteiger partial charge in [0.2, 0.25) is 0 Å². The summed E-state index contributed by atoms with van der Waals surface area (Å²) < 4.78 is 1.93. The zero-order chi connectivity index (χ0) is 24.8. The Morgan fingerprint density at radius 1 is 0.857 bits per heavy atom. The summed E-state index contributed by atoms with van der Waals surface area (Å²) in [6.07, 6.45) is 3.02. The molecule has 180 valence electrons. The molecule has 0 fully saturated rings. The third-order valence-electron chi connectivity index (χ3n) is 6.55. The summed E-state index contributed by atoms with van der Waals surface area (Å²) in [4.78, 5) is 18.8. The van der Waals surface area contributed by atoms with Crippen LogP contribution in [0.3, 0.4) is 0 Å². The number of carbonyl (C=O) groups excluding carboxylic acids is 1. The van der Waals surface area contributed by atoms with Crippen molar-refractivity contribution in [2.45, 2.75) is 52.0 Å². The average molecular weight is 466 g/mol. The van der Waals surface area contributed by atoms with Gasteiger partial charge in [0.25, 0.3) is 5.91 Å². The van der Waals surface area contributed by atoms with Crippen LogP contribution in [0.25, 0.3) is 22.6 Å². The summed E-state index contributed by atoms with van der Waals surface area (Å²) in [6.45, 7) is 6.54. The highest BCUT2D eigenvalue weighted by Gasteiger charge is 2.25. The van der Waals surface area contributed by atoms with E-state index in [-0.39, 0.29) is 11.9 Å². The fourth-order valence-corrected chi connectivity index (χ4v) is 4.47. The Bertz CT molecular complexity index is 1240. The summed E-state index contributed by atoms with van der Waals surface area (Å²) >= 11 is 0. The third kappa shape index (κ3) is 5.54. The van der Waals surface area contributed by atoms with Gasteiger partial charge in [-0.3, -0.25) is 4.79 Å². The number of nitrogens with one attached hydrogen (secondary N) is 1. The standard InChI is InChI=1S/C31H35N3O/c1-5-6-17-27(24-13-9-7-10-14-24)32-31(35)29-28(25-20-18-23(19-21-25)22(2)3)33-30(34(29)4)26-15-11-8-12-16-26/h7-16,18-22,27H,5-6,17H2,1-4H3,(H,32,35). The van der Waals surface area contributed by atoms with E-state index in [1.165, 1.54) is 5.56 Å². The first-order valence-electron chi connectivity index (χ1n) is 12.6. The van der Waals surface area contributed by atoms with Gasteiger partial charge in [-0.05, 0) is 23.5 Å². The van der Waals surface area contributed by atoms with Crippen molar-refractivity contribution in [3.63, 3.8) is 0 Å². The predicted molar refractivity (Wildman–Crippen MR) is 144 cm³/mol. The molecule has 1 unspecified atom stereocenters. The highest BCUT2D eigenvalue weighted by molar-refractivity contribution is 5.99. The fraction of sp³-hybridized carbons (Fsp3) is 0.290. The molecule has 0 spiro atoms. The first-order valence-corrected chi connectivity index (χ1v) is 12.6. The van der Waals surface area contributed by atoms with Crippen molar-refractivity contribution in [1.29, 1.82) is 0 Å². The Labute approximate surface area is 209 Å². The van der Waals surface area contributed by atoms with Gasteiger partial charge in [0, 0.05) is 18.2 Å². The second-order valence-corrected chi connectivity index (χ2v) is 9.41. The lowest BCUT2D eigenvalue weighted by molar-refractivity contribution is 0.0926. The van der Waals surface area contributed by atoms with Crippen LogP contribution < -0.4 is 5.32 Å². The van der Waals surface area contributed by atoms with Gasteiger partial charge in [0.15, 0.2) is 0 Å². The normalized spacial score (nSPS) is 12.0. The molecule has 0 aliphatic heterocycles. The molecule has 35 heavy (non-hydrogen) atoms. The lowest BCUT2D eigenvalue weighted by atomic mass is 9.99. The number of unbranched alkanes of at least 4 members (excludes halogenated alkanes) is 1. The van der Waals surface area contributed by atoms with E-state index in [2.05, 4.69) is 62.5 Å². The van der Waals surface area contributed by atoms with Gasteiger partial charge in [-0.1, -0.05) is 119 Å². The molecule has 1 N–H and O–H groups in total. The maximum Gasteiger partial charge on any atom is 0.270 e. The van der Waals surface area contributed by atoms with Crippen molar-refractivity contribution in [1.82, 2.24) is 14.9 Å². The van der Waals surface area contributed by atoms with Crippen molar-refractivity contribution < 1.29 is 4.79 Å². The van der Waals surface area contributed by atoms with Gasteiger partial charge in [-0.2, -0.15) is 0 Å². The number of rotatable bonds is 9. The summed E-state index contributed by atoms with van der Waals surface area (Å²) in [5.74, 6) is 1.12. The third-order valence-corrected chi connectivity index (χ3v) is 6.55. The Balaban J connectivity index is 1.76. The molecule has 4 nitrogen and oxygen atoms in total. The number of hydrogen-bond donors (Lipinski definition) is 1. The molecule has 1 heterocycles. The lowest BCUT2D eigenvalue weighted by Crippen LogP contribution is -2.30. The first-order chi connectivity index (χ1) is 17.0. The summed E-state index contributed by atoms with van der Waals surface area (Å²) in [5.41, 5.74) is 5.62. The molecule has 4 heteroatoms. The molecule has 1 atom stereocenters. The number of amides is 1. The molecule has 0 aliphatic rings. The number of benzene rings is 3. The van der Waals surface area contributed by atoms with Crippen LogP contribution in [-0.4, -0.2) is 15.5 Å². The van der Waals surface area contributed by atoms with E-state index in [1.807, 2.05) is 60.1 Å². The van der Waals surface area contributed by atoms with Crippen LogP contribution in [0.1, 0.15) is 73.6 Å². The van der Waals surface area contributed by atoms with Gasteiger partial charge < -0.3 is 9.88 Å². The maximum absolute atomic E-state index is 13.9.